The van der Waals surface area contributed by atoms with Crippen LogP contribution in [0.4, 0.5) is 0 Å². The molecule has 0 spiro atoms. The second-order valence-corrected chi connectivity index (χ2v) is 6.58. The van der Waals surface area contributed by atoms with Crippen LogP contribution in [0.5, 0.6) is 0 Å². The van der Waals surface area contributed by atoms with Crippen molar-refractivity contribution in [3.63, 3.8) is 0 Å². The lowest BCUT2D eigenvalue weighted by atomic mass is 9.92. The summed E-state index contributed by atoms with van der Waals surface area (Å²) < 4.78 is 0. The molecule has 0 radical (unpaired) electrons. The molecular weight excluding hydrogens is 258 g/mol. The van der Waals surface area contributed by atoms with Crippen LogP contribution in [-0.2, 0) is 4.79 Å². The minimum absolute atomic E-state index is 0.0156. The van der Waals surface area contributed by atoms with E-state index in [1.54, 1.807) is 11.8 Å². The first-order valence-corrected chi connectivity index (χ1v) is 8.29. The SMILES string of the molecule is CC(N)CCSCC(=O)NC1(C#N)CCCCCC1. The molecular formula is C14H25N3OS. The maximum atomic E-state index is 11.9. The lowest BCUT2D eigenvalue weighted by Gasteiger charge is -2.26. The van der Waals surface area contributed by atoms with Gasteiger partial charge in [0, 0.05) is 6.04 Å². The van der Waals surface area contributed by atoms with Crippen molar-refractivity contribution in [2.45, 2.75) is 63.5 Å². The molecule has 1 amide bonds. The van der Waals surface area contributed by atoms with Crippen molar-refractivity contribution in [1.29, 1.82) is 5.26 Å². The number of carbonyl (C=O) groups excluding carboxylic acids is 1. The van der Waals surface area contributed by atoms with Gasteiger partial charge in [0.05, 0.1) is 11.8 Å². The Labute approximate surface area is 120 Å². The normalized spacial score (nSPS) is 20.1. The summed E-state index contributed by atoms with van der Waals surface area (Å²) in [7, 11) is 0. The van der Waals surface area contributed by atoms with Crippen LogP contribution in [0, 0.1) is 11.3 Å². The molecule has 4 nitrogen and oxygen atoms in total. The van der Waals surface area contributed by atoms with Crippen molar-refractivity contribution in [2.24, 2.45) is 5.73 Å². The zero-order chi connectivity index (χ0) is 14.1. The number of hydrogen-bond donors (Lipinski definition) is 2. The second-order valence-electron chi connectivity index (χ2n) is 5.47. The number of thioether (sulfide) groups is 1. The molecule has 1 fully saturated rings. The largest absolute Gasteiger partial charge is 0.337 e. The maximum absolute atomic E-state index is 11.9. The van der Waals surface area contributed by atoms with Gasteiger partial charge in [0.1, 0.15) is 5.54 Å². The summed E-state index contributed by atoms with van der Waals surface area (Å²) >= 11 is 1.59. The fraction of sp³-hybridized carbons (Fsp3) is 0.857. The Balaban J connectivity index is 2.34. The minimum atomic E-state index is -0.616. The standard InChI is InChI=1S/C14H25N3OS/c1-12(16)6-9-19-10-13(18)17-14(11-15)7-4-2-3-5-8-14/h12H,2-10,16H2,1H3,(H,17,18). The molecule has 1 saturated carbocycles. The Morgan fingerprint density at radius 3 is 2.58 bits per heavy atom. The number of nitrogens with two attached hydrogens (primary N) is 1. The molecule has 0 aliphatic heterocycles. The average Bonchev–Trinajstić information content (AvgIpc) is 2.61. The van der Waals surface area contributed by atoms with Crippen LogP contribution in [0.1, 0.15) is 51.9 Å². The minimum Gasteiger partial charge on any atom is -0.337 e. The Morgan fingerprint density at radius 1 is 1.42 bits per heavy atom. The molecule has 1 aliphatic rings. The number of nitrogens with zero attached hydrogens (tertiary/aromatic N) is 1. The van der Waals surface area contributed by atoms with E-state index in [4.69, 9.17) is 5.73 Å². The summed E-state index contributed by atoms with van der Waals surface area (Å²) in [5, 5.41) is 12.3. The third-order valence-electron chi connectivity index (χ3n) is 3.50. The van der Waals surface area contributed by atoms with Gasteiger partial charge in [-0.15, -0.1) is 0 Å². The highest BCUT2D eigenvalue weighted by Crippen LogP contribution is 2.26. The Bertz CT molecular complexity index is 317. The van der Waals surface area contributed by atoms with E-state index in [1.165, 1.54) is 12.8 Å². The fourth-order valence-electron chi connectivity index (χ4n) is 2.33. The van der Waals surface area contributed by atoms with Gasteiger partial charge in [-0.05, 0) is 31.9 Å². The average molecular weight is 283 g/mol. The zero-order valence-corrected chi connectivity index (χ0v) is 12.6. The van der Waals surface area contributed by atoms with E-state index in [2.05, 4.69) is 11.4 Å². The van der Waals surface area contributed by atoms with E-state index in [9.17, 15) is 10.1 Å². The van der Waals surface area contributed by atoms with Gasteiger partial charge in [0.2, 0.25) is 5.91 Å². The van der Waals surface area contributed by atoms with Crippen LogP contribution in [0.2, 0.25) is 0 Å². The van der Waals surface area contributed by atoms with Gasteiger partial charge < -0.3 is 11.1 Å². The topological polar surface area (TPSA) is 78.9 Å². The molecule has 1 aliphatic carbocycles. The Morgan fingerprint density at radius 2 is 2.05 bits per heavy atom. The van der Waals surface area contributed by atoms with Gasteiger partial charge in [-0.2, -0.15) is 17.0 Å². The summed E-state index contributed by atoms with van der Waals surface area (Å²) in [5.74, 6) is 1.30. The van der Waals surface area contributed by atoms with Crippen LogP contribution in [0.25, 0.3) is 0 Å². The van der Waals surface area contributed by atoms with E-state index in [0.29, 0.717) is 5.75 Å². The van der Waals surface area contributed by atoms with Crippen LogP contribution in [0.15, 0.2) is 0 Å². The molecule has 108 valence electrons. The maximum Gasteiger partial charge on any atom is 0.231 e. The molecule has 0 aromatic rings. The quantitative estimate of drug-likeness (QED) is 0.578. The molecule has 19 heavy (non-hydrogen) atoms. The number of amides is 1. The highest BCUT2D eigenvalue weighted by atomic mass is 32.2. The highest BCUT2D eigenvalue weighted by Gasteiger charge is 2.32. The third-order valence-corrected chi connectivity index (χ3v) is 4.49. The van der Waals surface area contributed by atoms with Crippen molar-refractivity contribution >= 4 is 17.7 Å². The summed E-state index contributed by atoms with van der Waals surface area (Å²) in [6.07, 6.45) is 6.91. The number of nitrogens with one attached hydrogen (secondary N) is 1. The summed E-state index contributed by atoms with van der Waals surface area (Å²) in [6, 6.07) is 2.52. The molecule has 1 unspecified atom stereocenters. The first kappa shape index (κ1) is 16.3. The first-order chi connectivity index (χ1) is 9.08. The zero-order valence-electron chi connectivity index (χ0n) is 11.8. The molecule has 0 aromatic heterocycles. The van der Waals surface area contributed by atoms with Crippen LogP contribution in [-0.4, -0.2) is 29.0 Å². The Hall–Kier alpha value is -0.730. The van der Waals surface area contributed by atoms with Crippen molar-refractivity contribution in [1.82, 2.24) is 5.32 Å². The molecule has 1 atom stereocenters. The third kappa shape index (κ3) is 6.31. The van der Waals surface area contributed by atoms with E-state index in [0.717, 1.165) is 37.9 Å². The van der Waals surface area contributed by atoms with Crippen molar-refractivity contribution in [3.05, 3.63) is 0 Å². The van der Waals surface area contributed by atoms with Crippen LogP contribution < -0.4 is 11.1 Å². The summed E-state index contributed by atoms with van der Waals surface area (Å²) in [5.41, 5.74) is 5.05. The predicted octanol–water partition coefficient (Wildman–Crippen LogP) is 2.19. The first-order valence-electron chi connectivity index (χ1n) is 7.13. The molecule has 3 N–H and O–H groups in total. The smallest absolute Gasteiger partial charge is 0.231 e. The number of nitriles is 1. The van der Waals surface area contributed by atoms with Crippen molar-refractivity contribution < 1.29 is 4.79 Å². The molecule has 0 heterocycles. The van der Waals surface area contributed by atoms with Crippen LogP contribution in [0.3, 0.4) is 0 Å². The lowest BCUT2D eigenvalue weighted by Crippen LogP contribution is -2.47. The predicted molar refractivity (Wildman–Crippen MR) is 79.8 cm³/mol. The van der Waals surface area contributed by atoms with E-state index >= 15 is 0 Å². The van der Waals surface area contributed by atoms with Gasteiger partial charge in [0.25, 0.3) is 0 Å². The Kier molecular flexibility index (Phi) is 7.25. The number of hydrogen-bond acceptors (Lipinski definition) is 4. The fourth-order valence-corrected chi connectivity index (χ4v) is 3.27. The number of carbonyl (C=O) groups is 1. The lowest BCUT2D eigenvalue weighted by molar-refractivity contribution is -0.120. The van der Waals surface area contributed by atoms with Gasteiger partial charge >= 0.3 is 0 Å². The number of rotatable bonds is 6. The second kappa shape index (κ2) is 8.44. The van der Waals surface area contributed by atoms with Gasteiger partial charge in [-0.25, -0.2) is 0 Å². The molecule has 0 bridgehead atoms. The van der Waals surface area contributed by atoms with Gasteiger partial charge in [-0.3, -0.25) is 4.79 Å². The molecule has 0 aromatic carbocycles. The highest BCUT2D eigenvalue weighted by molar-refractivity contribution is 7.99. The van der Waals surface area contributed by atoms with Crippen molar-refractivity contribution in [2.75, 3.05) is 11.5 Å². The van der Waals surface area contributed by atoms with E-state index in [1.807, 2.05) is 6.92 Å². The molecule has 5 heteroatoms. The van der Waals surface area contributed by atoms with Crippen LogP contribution >= 0.6 is 11.8 Å². The van der Waals surface area contributed by atoms with Gasteiger partial charge in [0.15, 0.2) is 0 Å². The molecule has 0 saturated heterocycles. The summed E-state index contributed by atoms with van der Waals surface area (Å²) in [6.45, 7) is 1.97. The van der Waals surface area contributed by atoms with Crippen molar-refractivity contribution in [3.8, 4) is 6.07 Å². The van der Waals surface area contributed by atoms with E-state index < -0.39 is 5.54 Å². The monoisotopic (exact) mass is 283 g/mol. The van der Waals surface area contributed by atoms with Gasteiger partial charge in [-0.1, -0.05) is 25.7 Å². The molecule has 1 rings (SSSR count). The summed E-state index contributed by atoms with van der Waals surface area (Å²) in [4.78, 5) is 11.9. The van der Waals surface area contributed by atoms with E-state index in [-0.39, 0.29) is 11.9 Å².